The van der Waals surface area contributed by atoms with E-state index in [-0.39, 0.29) is 12.0 Å². The Morgan fingerprint density at radius 2 is 0.881 bits per heavy atom. The molecule has 316 valence electrons. The molecule has 2 aliphatic rings. The van der Waals surface area contributed by atoms with Crippen LogP contribution in [0.5, 0.6) is 0 Å². The Labute approximate surface area is 388 Å². The third kappa shape index (κ3) is 5.59. The fraction of sp³-hybridized carbons (Fsp3) is 0.0968. The van der Waals surface area contributed by atoms with Gasteiger partial charge in [-0.25, -0.2) is 0 Å². The van der Waals surface area contributed by atoms with Gasteiger partial charge in [0, 0.05) is 38.7 Å². The lowest BCUT2D eigenvalue weighted by molar-refractivity contribution is 0.742. The van der Waals surface area contributed by atoms with Crippen LogP contribution in [-0.2, 0) is 0 Å². The second-order valence-electron chi connectivity index (χ2n) is 18.6. The zero-order chi connectivity index (χ0) is 45.2. The molecule has 3 heterocycles. The van der Waals surface area contributed by atoms with Crippen molar-refractivity contribution in [3.63, 3.8) is 0 Å². The first kappa shape index (κ1) is 38.8. The molecule has 1 aliphatic carbocycles. The number of aryl methyl sites for hydroxylation is 4. The van der Waals surface area contributed by atoms with Gasteiger partial charge in [0.2, 0.25) is 0 Å². The number of fused-ring (bicyclic) bond motifs is 11. The maximum Gasteiger partial charge on any atom is 0.102 e. The van der Waals surface area contributed by atoms with Gasteiger partial charge >= 0.3 is 0 Å². The van der Waals surface area contributed by atoms with Crippen LogP contribution in [0.25, 0.3) is 87.7 Å². The Morgan fingerprint density at radius 3 is 1.37 bits per heavy atom. The Hall–Kier alpha value is -8.64. The molecular formula is C62H43N5. The molecule has 0 saturated heterocycles. The maximum atomic E-state index is 12.2. The monoisotopic (exact) mass is 857 g/mol. The molecule has 2 unspecified atom stereocenters. The van der Waals surface area contributed by atoms with Crippen LogP contribution in [0.4, 0.5) is 11.4 Å². The lowest BCUT2D eigenvalue weighted by atomic mass is 9.88. The van der Waals surface area contributed by atoms with Gasteiger partial charge in [0.25, 0.3) is 0 Å². The van der Waals surface area contributed by atoms with Crippen molar-refractivity contribution < 1.29 is 0 Å². The summed E-state index contributed by atoms with van der Waals surface area (Å²) in [6, 6.07) is 60.0. The van der Waals surface area contributed by atoms with Crippen LogP contribution in [0.15, 0.2) is 176 Å². The molecule has 0 saturated carbocycles. The zero-order valence-electron chi connectivity index (χ0n) is 37.6. The zero-order valence-corrected chi connectivity index (χ0v) is 37.6. The lowest BCUT2D eigenvalue weighted by Crippen LogP contribution is -2.31. The number of allylic oxidation sites excluding steroid dienone is 2. The topological polar surface area (TPSA) is 60.7 Å². The molecule has 2 atom stereocenters. The molecule has 11 aromatic rings. The van der Waals surface area contributed by atoms with Gasteiger partial charge in [-0.1, -0.05) is 131 Å². The van der Waals surface area contributed by atoms with Gasteiger partial charge in [-0.2, -0.15) is 10.5 Å². The van der Waals surface area contributed by atoms with Crippen molar-refractivity contribution in [1.29, 1.82) is 10.5 Å². The second kappa shape index (κ2) is 14.4. The summed E-state index contributed by atoms with van der Waals surface area (Å²) in [6.07, 6.45) is 8.92. The number of nitriles is 2. The van der Waals surface area contributed by atoms with E-state index in [0.717, 1.165) is 110 Å². The summed E-state index contributed by atoms with van der Waals surface area (Å²) in [7, 11) is 0. The van der Waals surface area contributed by atoms with E-state index >= 15 is 0 Å². The molecule has 0 fully saturated rings. The predicted molar refractivity (Wildman–Crippen MR) is 277 cm³/mol. The van der Waals surface area contributed by atoms with Crippen LogP contribution >= 0.6 is 0 Å². The van der Waals surface area contributed by atoms with Gasteiger partial charge in [0.15, 0.2) is 0 Å². The number of nitrogens with zero attached hydrogens (tertiary/aromatic N) is 5. The highest BCUT2D eigenvalue weighted by atomic mass is 15.2. The summed E-state index contributed by atoms with van der Waals surface area (Å²) in [6.45, 7) is 8.57. The fourth-order valence-corrected chi connectivity index (χ4v) is 11.5. The van der Waals surface area contributed by atoms with Crippen molar-refractivity contribution in [3.05, 3.63) is 215 Å². The number of rotatable bonds is 4. The van der Waals surface area contributed by atoms with Crippen LogP contribution in [0, 0.1) is 50.4 Å². The van der Waals surface area contributed by atoms with Crippen molar-refractivity contribution in [1.82, 2.24) is 9.13 Å². The Kier molecular flexibility index (Phi) is 8.35. The van der Waals surface area contributed by atoms with E-state index in [9.17, 15) is 10.5 Å². The molecule has 2 aromatic heterocycles. The normalized spacial score (nSPS) is 15.3. The molecule has 0 spiro atoms. The van der Waals surface area contributed by atoms with Crippen LogP contribution in [0.3, 0.4) is 0 Å². The minimum atomic E-state index is -0.172. The molecule has 1 aliphatic heterocycles. The van der Waals surface area contributed by atoms with Crippen LogP contribution < -0.4 is 4.90 Å². The summed E-state index contributed by atoms with van der Waals surface area (Å²) in [5.74, 6) is 0.00782. The van der Waals surface area contributed by atoms with Crippen LogP contribution in [-0.4, -0.2) is 15.2 Å². The molecule has 0 N–H and O–H groups in total. The standard InChI is InChI=1S/C62H43N5/c1-36-17-23-54-46(27-36)47-28-37(2)18-24-55(47)65(54)60-51(34-63)59(44-22-21-40-11-5-6-12-41(40)31-44)52(35-64)61(66-56-25-19-38(3)29-48(56)49-30-39(4)20-26-57(49)66)62(60)67-53-16-10-9-15-45(53)50-32-42-13-7-8-14-43(42)33-58(50)67/h5-33,45,53H,1-4H3. The molecule has 13 rings (SSSR count). The van der Waals surface area contributed by atoms with E-state index in [4.69, 9.17) is 0 Å². The quantitative estimate of drug-likeness (QED) is 0.177. The molecule has 9 aromatic carbocycles. The summed E-state index contributed by atoms with van der Waals surface area (Å²) in [4.78, 5) is 2.48. The van der Waals surface area contributed by atoms with E-state index in [1.54, 1.807) is 0 Å². The smallest absolute Gasteiger partial charge is 0.102 e. The van der Waals surface area contributed by atoms with Gasteiger partial charge < -0.3 is 14.0 Å². The Balaban J connectivity index is 1.32. The fourth-order valence-electron chi connectivity index (χ4n) is 11.5. The molecule has 67 heavy (non-hydrogen) atoms. The molecule has 5 nitrogen and oxygen atoms in total. The van der Waals surface area contributed by atoms with Crippen molar-refractivity contribution in [2.45, 2.75) is 39.7 Å². The highest BCUT2D eigenvalue weighted by Crippen LogP contribution is 2.56. The van der Waals surface area contributed by atoms with Crippen molar-refractivity contribution in [2.75, 3.05) is 4.90 Å². The van der Waals surface area contributed by atoms with Gasteiger partial charge in [-0.15, -0.1) is 0 Å². The summed E-state index contributed by atoms with van der Waals surface area (Å²) in [5, 5.41) is 33.2. The van der Waals surface area contributed by atoms with Gasteiger partial charge in [0.1, 0.15) is 12.1 Å². The minimum absolute atomic E-state index is 0.00782. The summed E-state index contributed by atoms with van der Waals surface area (Å²) >= 11 is 0. The third-order valence-corrected chi connectivity index (χ3v) is 14.4. The largest absolute Gasteiger partial charge is 0.330 e. The van der Waals surface area contributed by atoms with Crippen LogP contribution in [0.2, 0.25) is 0 Å². The second-order valence-corrected chi connectivity index (χ2v) is 18.6. The maximum absolute atomic E-state index is 12.2. The highest BCUT2D eigenvalue weighted by molar-refractivity contribution is 6.14. The summed E-state index contributed by atoms with van der Waals surface area (Å²) < 4.78 is 4.68. The van der Waals surface area contributed by atoms with E-state index in [1.165, 1.54) is 10.9 Å². The third-order valence-electron chi connectivity index (χ3n) is 14.4. The van der Waals surface area contributed by atoms with E-state index in [1.807, 2.05) is 12.1 Å². The van der Waals surface area contributed by atoms with E-state index < -0.39 is 0 Å². The first-order chi connectivity index (χ1) is 32.8. The average molecular weight is 858 g/mol. The first-order valence-corrected chi connectivity index (χ1v) is 23.0. The summed E-state index contributed by atoms with van der Waals surface area (Å²) in [5.41, 5.74) is 15.5. The molecule has 0 radical (unpaired) electrons. The molecule has 0 bridgehead atoms. The first-order valence-electron chi connectivity index (χ1n) is 23.0. The number of hydrogen-bond acceptors (Lipinski definition) is 3. The van der Waals surface area contributed by atoms with Crippen LogP contribution in [0.1, 0.15) is 44.9 Å². The minimum Gasteiger partial charge on any atom is -0.330 e. The van der Waals surface area contributed by atoms with Crippen molar-refractivity contribution >= 4 is 76.5 Å². The van der Waals surface area contributed by atoms with E-state index in [2.05, 4.69) is 218 Å². The lowest BCUT2D eigenvalue weighted by Gasteiger charge is -2.35. The van der Waals surface area contributed by atoms with Crippen molar-refractivity contribution in [3.8, 4) is 34.6 Å². The number of benzene rings is 9. The van der Waals surface area contributed by atoms with Gasteiger partial charge in [0.05, 0.1) is 56.3 Å². The molecule has 0 amide bonds. The average Bonchev–Trinajstić information content (AvgIpc) is 3.95. The number of hydrogen-bond donors (Lipinski definition) is 0. The Bertz CT molecular complexity index is 3860. The molecular weight excluding hydrogens is 815 g/mol. The van der Waals surface area contributed by atoms with E-state index in [0.29, 0.717) is 16.7 Å². The molecule has 5 heteroatoms. The predicted octanol–water partition coefficient (Wildman–Crippen LogP) is 15.6. The van der Waals surface area contributed by atoms with Gasteiger partial charge in [-0.05, 0) is 127 Å². The van der Waals surface area contributed by atoms with Gasteiger partial charge in [-0.3, -0.25) is 0 Å². The SMILES string of the molecule is Cc1ccc2c(c1)c1cc(C)ccc1n2-c1c(C#N)c(-c2ccc3ccccc3c2)c(C#N)c(-n2c3ccc(C)cc3c3cc(C)ccc32)c1N1c2cc3ccccc3cc2C2C=CC=CC21. The number of aromatic nitrogens is 2. The Morgan fingerprint density at radius 1 is 0.433 bits per heavy atom. The number of anilines is 2. The highest BCUT2D eigenvalue weighted by Gasteiger charge is 2.43. The van der Waals surface area contributed by atoms with Crippen molar-refractivity contribution in [2.24, 2.45) is 0 Å².